The molecule has 84 valence electrons. The molecular weight excluding hydrogens is 317 g/mol. The molecule has 0 aliphatic rings. The van der Waals surface area contributed by atoms with Crippen LogP contribution >= 0.6 is 22.6 Å². The van der Waals surface area contributed by atoms with Crippen molar-refractivity contribution in [3.8, 4) is 17.6 Å². The van der Waals surface area contributed by atoms with Crippen LogP contribution < -0.4 is 10.5 Å². The maximum atomic E-state index is 11.2. The number of ether oxygens (including phenoxy) is 1. The van der Waals surface area contributed by atoms with Crippen LogP contribution in [0, 0.1) is 15.4 Å². The van der Waals surface area contributed by atoms with Gasteiger partial charge in [-0.1, -0.05) is 12.0 Å². The van der Waals surface area contributed by atoms with Crippen molar-refractivity contribution in [2.24, 2.45) is 5.73 Å². The van der Waals surface area contributed by atoms with Crippen LogP contribution in [0.25, 0.3) is 0 Å². The molecule has 0 radical (unpaired) electrons. The van der Waals surface area contributed by atoms with Crippen molar-refractivity contribution < 1.29 is 9.53 Å². The third kappa shape index (κ3) is 3.14. The first-order valence-electron chi connectivity index (χ1n) is 4.73. The molecule has 1 amide bonds. The summed E-state index contributed by atoms with van der Waals surface area (Å²) in [6, 6.07) is 5.27. The average Bonchev–Trinajstić information content (AvgIpc) is 2.21. The first-order chi connectivity index (χ1) is 7.56. The van der Waals surface area contributed by atoms with Crippen molar-refractivity contribution in [1.29, 1.82) is 0 Å². The summed E-state index contributed by atoms with van der Waals surface area (Å²) < 4.78 is 6.44. The highest BCUT2D eigenvalue weighted by Gasteiger charge is 2.14. The fourth-order valence-corrected chi connectivity index (χ4v) is 1.86. The number of rotatable bonds is 3. The Hall–Kier alpha value is -1.22. The molecule has 0 heterocycles. The molecule has 1 atom stereocenters. The lowest BCUT2D eigenvalue weighted by molar-refractivity contribution is 0.0995. The zero-order chi connectivity index (χ0) is 12.1. The molecule has 0 aliphatic carbocycles. The number of para-hydroxylation sites is 1. The third-order valence-corrected chi connectivity index (χ3v) is 2.72. The van der Waals surface area contributed by atoms with E-state index in [4.69, 9.17) is 10.5 Å². The van der Waals surface area contributed by atoms with Gasteiger partial charge in [-0.2, -0.15) is 0 Å². The van der Waals surface area contributed by atoms with Crippen molar-refractivity contribution in [2.75, 3.05) is 0 Å². The summed E-state index contributed by atoms with van der Waals surface area (Å²) in [5, 5.41) is 0. The fraction of sp³-hybridized carbons (Fsp3) is 0.250. The zero-order valence-electron chi connectivity index (χ0n) is 9.08. The quantitative estimate of drug-likeness (QED) is 0.683. The van der Waals surface area contributed by atoms with E-state index in [0.717, 1.165) is 3.57 Å². The molecule has 0 aliphatic heterocycles. The van der Waals surface area contributed by atoms with E-state index in [1.165, 1.54) is 0 Å². The zero-order valence-corrected chi connectivity index (χ0v) is 11.2. The van der Waals surface area contributed by atoms with Gasteiger partial charge in [0.2, 0.25) is 0 Å². The number of carbonyl (C=O) groups excluding carboxylic acids is 1. The van der Waals surface area contributed by atoms with Gasteiger partial charge in [-0.15, -0.1) is 5.92 Å². The number of hydrogen-bond donors (Lipinski definition) is 1. The summed E-state index contributed by atoms with van der Waals surface area (Å²) in [5.41, 5.74) is 5.66. The third-order valence-electron chi connectivity index (χ3n) is 1.87. The summed E-state index contributed by atoms with van der Waals surface area (Å²) in [6.07, 6.45) is -0.265. The van der Waals surface area contributed by atoms with Gasteiger partial charge in [-0.05, 0) is 48.6 Å². The van der Waals surface area contributed by atoms with Gasteiger partial charge in [0.25, 0.3) is 5.91 Å². The second-order valence-corrected chi connectivity index (χ2v) is 4.30. The fourth-order valence-electron chi connectivity index (χ4n) is 1.23. The SMILES string of the molecule is CC#CC(C)Oc1c(I)cccc1C(N)=O. The Morgan fingerprint density at radius 3 is 2.81 bits per heavy atom. The molecule has 1 aromatic rings. The highest BCUT2D eigenvalue weighted by Crippen LogP contribution is 2.26. The van der Waals surface area contributed by atoms with Crippen molar-refractivity contribution in [3.05, 3.63) is 27.3 Å². The first kappa shape index (κ1) is 12.8. The van der Waals surface area contributed by atoms with Crippen molar-refractivity contribution in [3.63, 3.8) is 0 Å². The van der Waals surface area contributed by atoms with E-state index in [-0.39, 0.29) is 6.10 Å². The molecule has 2 N–H and O–H groups in total. The second kappa shape index (κ2) is 5.75. The van der Waals surface area contributed by atoms with E-state index in [0.29, 0.717) is 11.3 Å². The molecule has 0 fully saturated rings. The summed E-state index contributed by atoms with van der Waals surface area (Å²) in [5.74, 6) is 5.63. The van der Waals surface area contributed by atoms with E-state index in [2.05, 4.69) is 34.4 Å². The van der Waals surface area contributed by atoms with Crippen LogP contribution in [-0.4, -0.2) is 12.0 Å². The number of nitrogens with two attached hydrogens (primary N) is 1. The number of carbonyl (C=O) groups is 1. The van der Waals surface area contributed by atoms with Gasteiger partial charge in [0.05, 0.1) is 9.13 Å². The summed E-state index contributed by atoms with van der Waals surface area (Å²) in [7, 11) is 0. The standard InChI is InChI=1S/C12H12INO2/c1-3-5-8(2)16-11-9(12(14)15)6-4-7-10(11)13/h4,6-8H,1-2H3,(H2,14,15). The number of benzene rings is 1. The van der Waals surface area contributed by atoms with Gasteiger partial charge in [0, 0.05) is 0 Å². The maximum absolute atomic E-state index is 11.2. The normalized spacial score (nSPS) is 11.2. The molecule has 1 aromatic carbocycles. The van der Waals surface area contributed by atoms with Gasteiger partial charge in [-0.25, -0.2) is 0 Å². The number of hydrogen-bond acceptors (Lipinski definition) is 2. The predicted octanol–water partition coefficient (Wildman–Crippen LogP) is 2.18. The van der Waals surface area contributed by atoms with Gasteiger partial charge in [-0.3, -0.25) is 4.79 Å². The first-order valence-corrected chi connectivity index (χ1v) is 5.81. The molecule has 16 heavy (non-hydrogen) atoms. The molecule has 1 unspecified atom stereocenters. The lowest BCUT2D eigenvalue weighted by Gasteiger charge is -2.13. The maximum Gasteiger partial charge on any atom is 0.252 e. The van der Waals surface area contributed by atoms with Gasteiger partial charge in [0.1, 0.15) is 5.75 Å². The smallest absolute Gasteiger partial charge is 0.252 e. The highest BCUT2D eigenvalue weighted by molar-refractivity contribution is 14.1. The van der Waals surface area contributed by atoms with Crippen LogP contribution in [-0.2, 0) is 0 Å². The highest BCUT2D eigenvalue weighted by atomic mass is 127. The van der Waals surface area contributed by atoms with Crippen molar-refractivity contribution in [1.82, 2.24) is 0 Å². The lowest BCUT2D eigenvalue weighted by atomic mass is 10.2. The molecule has 0 bridgehead atoms. The minimum atomic E-state index is -0.495. The monoisotopic (exact) mass is 329 g/mol. The van der Waals surface area contributed by atoms with Crippen LogP contribution in [0.15, 0.2) is 18.2 Å². The molecular formula is C12H12INO2. The van der Waals surface area contributed by atoms with E-state index >= 15 is 0 Å². The number of amides is 1. The Labute approximate surface area is 108 Å². The Balaban J connectivity index is 3.09. The molecule has 0 saturated carbocycles. The molecule has 0 saturated heterocycles. The van der Waals surface area contributed by atoms with Gasteiger partial charge >= 0.3 is 0 Å². The molecule has 0 aromatic heterocycles. The van der Waals surface area contributed by atoms with Crippen LogP contribution in [0.2, 0.25) is 0 Å². The largest absolute Gasteiger partial charge is 0.476 e. The van der Waals surface area contributed by atoms with Crippen LogP contribution in [0.1, 0.15) is 24.2 Å². The van der Waals surface area contributed by atoms with Crippen molar-refractivity contribution >= 4 is 28.5 Å². The molecule has 0 spiro atoms. The summed E-state index contributed by atoms with van der Waals surface area (Å²) >= 11 is 2.10. The Bertz CT molecular complexity index is 460. The Morgan fingerprint density at radius 1 is 1.56 bits per heavy atom. The summed E-state index contributed by atoms with van der Waals surface area (Å²) in [4.78, 5) is 11.2. The minimum absolute atomic E-state index is 0.265. The Kier molecular flexibility index (Phi) is 4.62. The summed E-state index contributed by atoms with van der Waals surface area (Å²) in [6.45, 7) is 3.56. The van der Waals surface area contributed by atoms with Crippen LogP contribution in [0.5, 0.6) is 5.75 Å². The Morgan fingerprint density at radius 2 is 2.25 bits per heavy atom. The second-order valence-electron chi connectivity index (χ2n) is 3.14. The van der Waals surface area contributed by atoms with E-state index in [1.807, 2.05) is 13.0 Å². The topological polar surface area (TPSA) is 52.3 Å². The molecule has 4 heteroatoms. The lowest BCUT2D eigenvalue weighted by Crippen LogP contribution is -2.17. The van der Waals surface area contributed by atoms with Gasteiger partial charge in [0.15, 0.2) is 6.10 Å². The number of halogens is 1. The van der Waals surface area contributed by atoms with E-state index in [1.54, 1.807) is 19.1 Å². The number of primary amides is 1. The minimum Gasteiger partial charge on any atom is -0.476 e. The van der Waals surface area contributed by atoms with Crippen LogP contribution in [0.4, 0.5) is 0 Å². The van der Waals surface area contributed by atoms with Crippen molar-refractivity contribution in [2.45, 2.75) is 20.0 Å². The predicted molar refractivity (Wildman–Crippen MR) is 71.2 cm³/mol. The average molecular weight is 329 g/mol. The van der Waals surface area contributed by atoms with E-state index < -0.39 is 5.91 Å². The van der Waals surface area contributed by atoms with E-state index in [9.17, 15) is 4.79 Å². The molecule has 1 rings (SSSR count). The van der Waals surface area contributed by atoms with Crippen LogP contribution in [0.3, 0.4) is 0 Å². The van der Waals surface area contributed by atoms with Gasteiger partial charge < -0.3 is 10.5 Å². The molecule has 3 nitrogen and oxygen atoms in total.